The second-order valence-electron chi connectivity index (χ2n) is 6.97. The average Bonchev–Trinajstić information content (AvgIpc) is 2.67. The molecule has 0 radical (unpaired) electrons. The van der Waals surface area contributed by atoms with E-state index in [-0.39, 0.29) is 5.91 Å². The van der Waals surface area contributed by atoms with Crippen molar-refractivity contribution in [2.24, 2.45) is 0 Å². The molecule has 1 aromatic rings. The molecule has 2 rings (SSSR count). The average molecular weight is 394 g/mol. The van der Waals surface area contributed by atoms with Crippen molar-refractivity contribution in [1.29, 1.82) is 0 Å². The summed E-state index contributed by atoms with van der Waals surface area (Å²) in [5, 5.41) is 0. The van der Waals surface area contributed by atoms with Crippen molar-refractivity contribution in [3.63, 3.8) is 0 Å². The fourth-order valence-electron chi connectivity index (χ4n) is 3.12. The van der Waals surface area contributed by atoms with Crippen LogP contribution in [0.25, 0.3) is 6.08 Å². The maximum absolute atomic E-state index is 12.5. The van der Waals surface area contributed by atoms with Crippen molar-refractivity contribution in [3.8, 4) is 0 Å². The summed E-state index contributed by atoms with van der Waals surface area (Å²) in [5.74, 6) is 0.399. The van der Waals surface area contributed by atoms with Crippen LogP contribution >= 0.6 is 0 Å². The van der Waals surface area contributed by atoms with Gasteiger partial charge in [-0.1, -0.05) is 52.0 Å². The van der Waals surface area contributed by atoms with Gasteiger partial charge in [-0.15, -0.1) is 0 Å². The molecule has 1 aliphatic rings. The first-order valence-electron chi connectivity index (χ1n) is 9.61. The number of hydrogen-bond acceptors (Lipinski definition) is 3. The van der Waals surface area contributed by atoms with Gasteiger partial charge in [0.2, 0.25) is 5.91 Å². The molecular formula is C20H31N3O3S. The smallest absolute Gasteiger partial charge is 0.282 e. The first-order valence-corrected chi connectivity index (χ1v) is 11.0. The number of carbonyl (C=O) groups is 1. The van der Waals surface area contributed by atoms with Gasteiger partial charge in [-0.25, -0.2) is 0 Å². The Hall–Kier alpha value is -1.70. The van der Waals surface area contributed by atoms with E-state index in [1.165, 1.54) is 14.2 Å². The summed E-state index contributed by atoms with van der Waals surface area (Å²) in [6, 6.07) is 8.17. The van der Waals surface area contributed by atoms with E-state index < -0.39 is 10.2 Å². The lowest BCUT2D eigenvalue weighted by atomic mass is 10.0. The summed E-state index contributed by atoms with van der Waals surface area (Å²) >= 11 is 0. The Labute approximate surface area is 163 Å². The minimum Gasteiger partial charge on any atom is -0.337 e. The fourth-order valence-corrected chi connectivity index (χ4v) is 4.72. The first kappa shape index (κ1) is 21.6. The van der Waals surface area contributed by atoms with Crippen LogP contribution in [0.3, 0.4) is 0 Å². The van der Waals surface area contributed by atoms with Crippen molar-refractivity contribution in [2.45, 2.75) is 33.6 Å². The van der Waals surface area contributed by atoms with Crippen LogP contribution in [-0.2, 0) is 15.0 Å². The van der Waals surface area contributed by atoms with E-state index >= 15 is 0 Å². The molecule has 1 heterocycles. The summed E-state index contributed by atoms with van der Waals surface area (Å²) in [6.45, 7) is 10.4. The van der Waals surface area contributed by atoms with Gasteiger partial charge < -0.3 is 4.90 Å². The number of nitrogens with zero attached hydrogens (tertiary/aromatic N) is 3. The van der Waals surface area contributed by atoms with Crippen molar-refractivity contribution < 1.29 is 13.2 Å². The quantitative estimate of drug-likeness (QED) is 0.669. The predicted octanol–water partition coefficient (Wildman–Crippen LogP) is 2.55. The summed E-state index contributed by atoms with van der Waals surface area (Å²) < 4.78 is 28.0. The normalized spacial score (nSPS) is 16.6. The van der Waals surface area contributed by atoms with Gasteiger partial charge in [-0.2, -0.15) is 17.0 Å². The second-order valence-corrected chi connectivity index (χ2v) is 8.90. The van der Waals surface area contributed by atoms with Crippen molar-refractivity contribution in [3.05, 3.63) is 41.5 Å². The van der Waals surface area contributed by atoms with Crippen LogP contribution < -0.4 is 0 Å². The summed E-state index contributed by atoms with van der Waals surface area (Å²) in [7, 11) is -3.43. The zero-order valence-corrected chi connectivity index (χ0v) is 17.6. The van der Waals surface area contributed by atoms with Gasteiger partial charge in [0.05, 0.1) is 0 Å². The molecular weight excluding hydrogens is 362 g/mol. The maximum Gasteiger partial charge on any atom is 0.282 e. The minimum absolute atomic E-state index is 0.0807. The molecule has 0 aromatic heterocycles. The van der Waals surface area contributed by atoms with Gasteiger partial charge in [0.15, 0.2) is 0 Å². The van der Waals surface area contributed by atoms with Crippen molar-refractivity contribution in [2.75, 3.05) is 39.3 Å². The highest BCUT2D eigenvalue weighted by Gasteiger charge is 2.31. The van der Waals surface area contributed by atoms with Crippen LogP contribution in [0.15, 0.2) is 30.3 Å². The molecule has 0 N–H and O–H groups in total. The van der Waals surface area contributed by atoms with Gasteiger partial charge >= 0.3 is 0 Å². The molecule has 27 heavy (non-hydrogen) atoms. The molecule has 1 aromatic carbocycles. The number of piperazine rings is 1. The van der Waals surface area contributed by atoms with Gasteiger partial charge in [-0.05, 0) is 23.1 Å². The molecule has 7 heteroatoms. The summed E-state index contributed by atoms with van der Waals surface area (Å²) in [4.78, 5) is 14.1. The molecule has 0 aliphatic carbocycles. The topological polar surface area (TPSA) is 60.9 Å². The molecule has 1 saturated heterocycles. The molecule has 0 bridgehead atoms. The molecule has 1 aliphatic heterocycles. The van der Waals surface area contributed by atoms with E-state index in [2.05, 4.69) is 26.0 Å². The van der Waals surface area contributed by atoms with Crippen molar-refractivity contribution in [1.82, 2.24) is 13.5 Å². The molecule has 0 saturated carbocycles. The standard InChI is InChI=1S/C20H31N3O3S/c1-5-22(6-2)27(25,26)23-15-13-21(14-16-23)20(24)12-9-18-7-10-19(11-8-18)17(3)4/h7-12,17H,5-6,13-16H2,1-4H3. The van der Waals surface area contributed by atoms with Crippen LogP contribution in [0, 0.1) is 0 Å². The summed E-state index contributed by atoms with van der Waals surface area (Å²) in [5.41, 5.74) is 2.25. The molecule has 0 spiro atoms. The van der Waals surface area contributed by atoms with E-state index in [1.807, 2.05) is 32.1 Å². The molecule has 1 amide bonds. The van der Waals surface area contributed by atoms with Gasteiger partial charge in [0, 0.05) is 45.3 Å². The molecule has 1 fully saturated rings. The number of hydrogen-bond donors (Lipinski definition) is 0. The van der Waals surface area contributed by atoms with E-state index in [0.717, 1.165) is 5.56 Å². The predicted molar refractivity (Wildman–Crippen MR) is 110 cm³/mol. The van der Waals surface area contributed by atoms with E-state index in [4.69, 9.17) is 0 Å². The third-order valence-corrected chi connectivity index (χ3v) is 7.12. The van der Waals surface area contributed by atoms with Gasteiger partial charge in [-0.3, -0.25) is 4.79 Å². The zero-order valence-electron chi connectivity index (χ0n) is 16.8. The molecule has 150 valence electrons. The lowest BCUT2D eigenvalue weighted by Crippen LogP contribution is -2.53. The Balaban J connectivity index is 1.93. The fraction of sp³-hybridized carbons (Fsp3) is 0.550. The van der Waals surface area contributed by atoms with Crippen LogP contribution in [0.4, 0.5) is 0 Å². The van der Waals surface area contributed by atoms with E-state index in [9.17, 15) is 13.2 Å². The van der Waals surface area contributed by atoms with Crippen molar-refractivity contribution >= 4 is 22.2 Å². The monoisotopic (exact) mass is 393 g/mol. The Morgan fingerprint density at radius 2 is 1.63 bits per heavy atom. The molecule has 6 nitrogen and oxygen atoms in total. The number of amides is 1. The van der Waals surface area contributed by atoms with Crippen LogP contribution in [0.2, 0.25) is 0 Å². The Morgan fingerprint density at radius 3 is 2.11 bits per heavy atom. The van der Waals surface area contributed by atoms with Crippen LogP contribution in [0.1, 0.15) is 44.7 Å². The zero-order chi connectivity index (χ0) is 20.0. The first-order chi connectivity index (χ1) is 12.8. The Kier molecular flexibility index (Phi) is 7.59. The second kappa shape index (κ2) is 9.48. The van der Waals surface area contributed by atoms with E-state index in [0.29, 0.717) is 45.2 Å². The van der Waals surface area contributed by atoms with Gasteiger partial charge in [0.1, 0.15) is 0 Å². The third kappa shape index (κ3) is 5.40. The van der Waals surface area contributed by atoms with Crippen LogP contribution in [-0.4, -0.2) is 67.1 Å². The maximum atomic E-state index is 12.5. The van der Waals surface area contributed by atoms with Gasteiger partial charge in [0.25, 0.3) is 10.2 Å². The highest BCUT2D eigenvalue weighted by Crippen LogP contribution is 2.16. The molecule has 0 atom stereocenters. The minimum atomic E-state index is -3.43. The lowest BCUT2D eigenvalue weighted by molar-refractivity contribution is -0.127. The lowest BCUT2D eigenvalue weighted by Gasteiger charge is -2.35. The van der Waals surface area contributed by atoms with E-state index in [1.54, 1.807) is 11.0 Å². The Bertz CT molecular complexity index is 745. The van der Waals surface area contributed by atoms with Crippen LogP contribution in [0.5, 0.6) is 0 Å². The Morgan fingerprint density at radius 1 is 1.07 bits per heavy atom. The number of rotatable bonds is 7. The molecule has 0 unspecified atom stereocenters. The highest BCUT2D eigenvalue weighted by molar-refractivity contribution is 7.86. The summed E-state index contributed by atoms with van der Waals surface area (Å²) in [6.07, 6.45) is 3.38. The SMILES string of the molecule is CCN(CC)S(=O)(=O)N1CCN(C(=O)C=Cc2ccc(C(C)C)cc2)CC1. The third-order valence-electron chi connectivity index (χ3n) is 4.93. The number of benzene rings is 1. The number of carbonyl (C=O) groups excluding carboxylic acids is 1. The largest absolute Gasteiger partial charge is 0.337 e. The highest BCUT2D eigenvalue weighted by atomic mass is 32.2.